The van der Waals surface area contributed by atoms with E-state index in [9.17, 15) is 5.11 Å². The highest BCUT2D eigenvalue weighted by atomic mass is 16.5. The zero-order valence-electron chi connectivity index (χ0n) is 13.9. The fourth-order valence-electron chi connectivity index (χ4n) is 3.45. The van der Waals surface area contributed by atoms with E-state index in [1.54, 1.807) is 0 Å². The average molecular weight is 303 g/mol. The van der Waals surface area contributed by atoms with Crippen molar-refractivity contribution in [1.82, 2.24) is 4.90 Å². The third kappa shape index (κ3) is 5.15. The number of aliphatic hydroxyl groups is 1. The van der Waals surface area contributed by atoms with Crippen LogP contribution in [0.15, 0.2) is 36.9 Å². The van der Waals surface area contributed by atoms with Crippen molar-refractivity contribution in [3.05, 3.63) is 42.5 Å². The Hall–Kier alpha value is -1.32. The van der Waals surface area contributed by atoms with Gasteiger partial charge in [-0.1, -0.05) is 38.1 Å². The Bertz CT molecular complexity index is 464. The first-order chi connectivity index (χ1) is 10.6. The molecule has 122 valence electrons. The Balaban J connectivity index is 1.82. The third-order valence-corrected chi connectivity index (χ3v) is 4.18. The topological polar surface area (TPSA) is 32.7 Å². The van der Waals surface area contributed by atoms with Crippen LogP contribution in [0.5, 0.6) is 5.75 Å². The van der Waals surface area contributed by atoms with Gasteiger partial charge in [-0.2, -0.15) is 0 Å². The summed E-state index contributed by atoms with van der Waals surface area (Å²) >= 11 is 0. The number of piperidine rings is 1. The number of allylic oxidation sites excluding steroid dienone is 1. The van der Waals surface area contributed by atoms with Crippen LogP contribution in [-0.4, -0.2) is 42.4 Å². The summed E-state index contributed by atoms with van der Waals surface area (Å²) in [4.78, 5) is 2.36. The van der Waals surface area contributed by atoms with Crippen LogP contribution in [-0.2, 0) is 6.42 Å². The number of rotatable bonds is 7. The highest BCUT2D eigenvalue weighted by Crippen LogP contribution is 2.22. The molecular formula is C19H29NO2. The normalized spacial score (nSPS) is 24.0. The molecule has 3 heteroatoms. The Morgan fingerprint density at radius 1 is 1.32 bits per heavy atom. The second-order valence-corrected chi connectivity index (χ2v) is 6.73. The number of likely N-dealkylation sites (tertiary alicyclic amines) is 1. The van der Waals surface area contributed by atoms with E-state index in [0.29, 0.717) is 25.0 Å². The minimum atomic E-state index is -0.450. The molecule has 3 atom stereocenters. The summed E-state index contributed by atoms with van der Waals surface area (Å²) < 4.78 is 5.82. The summed E-state index contributed by atoms with van der Waals surface area (Å²) in [5, 5.41) is 10.3. The Morgan fingerprint density at radius 2 is 2.00 bits per heavy atom. The Kier molecular flexibility index (Phi) is 6.47. The van der Waals surface area contributed by atoms with Crippen molar-refractivity contribution in [1.29, 1.82) is 0 Å². The average Bonchev–Trinajstić information content (AvgIpc) is 2.45. The van der Waals surface area contributed by atoms with Gasteiger partial charge in [-0.15, -0.1) is 6.58 Å². The molecule has 1 heterocycles. The summed E-state index contributed by atoms with van der Waals surface area (Å²) in [6.07, 6.45) is 3.50. The van der Waals surface area contributed by atoms with Gasteiger partial charge in [0.25, 0.3) is 0 Å². The van der Waals surface area contributed by atoms with E-state index in [0.717, 1.165) is 30.8 Å². The molecule has 0 aromatic heterocycles. The first kappa shape index (κ1) is 17.0. The highest BCUT2D eigenvalue weighted by Gasteiger charge is 2.23. The minimum Gasteiger partial charge on any atom is -0.491 e. The zero-order valence-corrected chi connectivity index (χ0v) is 13.9. The molecule has 0 aliphatic carbocycles. The predicted molar refractivity (Wildman–Crippen MR) is 91.2 cm³/mol. The molecule has 3 nitrogen and oxygen atoms in total. The van der Waals surface area contributed by atoms with E-state index in [-0.39, 0.29) is 0 Å². The van der Waals surface area contributed by atoms with E-state index in [4.69, 9.17) is 4.74 Å². The Morgan fingerprint density at radius 3 is 2.68 bits per heavy atom. The lowest BCUT2D eigenvalue weighted by molar-refractivity contribution is 0.0427. The number of nitrogens with zero attached hydrogens (tertiary/aromatic N) is 1. The molecule has 0 saturated carbocycles. The van der Waals surface area contributed by atoms with E-state index in [1.807, 2.05) is 30.3 Å². The van der Waals surface area contributed by atoms with Crippen LogP contribution in [0.1, 0.15) is 25.8 Å². The molecule has 1 aliphatic rings. The van der Waals surface area contributed by atoms with Gasteiger partial charge in [0.05, 0.1) is 0 Å². The molecule has 0 radical (unpaired) electrons. The van der Waals surface area contributed by atoms with E-state index >= 15 is 0 Å². The van der Waals surface area contributed by atoms with Crippen molar-refractivity contribution >= 4 is 0 Å². The molecule has 0 unspecified atom stereocenters. The summed E-state index contributed by atoms with van der Waals surface area (Å²) in [7, 11) is 0. The maximum Gasteiger partial charge on any atom is 0.122 e. The van der Waals surface area contributed by atoms with E-state index in [1.165, 1.54) is 6.42 Å². The van der Waals surface area contributed by atoms with Crippen LogP contribution in [0.25, 0.3) is 0 Å². The second kappa shape index (κ2) is 8.35. The molecule has 1 aliphatic heterocycles. The van der Waals surface area contributed by atoms with Gasteiger partial charge in [-0.3, -0.25) is 0 Å². The van der Waals surface area contributed by atoms with Gasteiger partial charge >= 0.3 is 0 Å². The number of aliphatic hydroxyl groups excluding tert-OH is 1. The van der Waals surface area contributed by atoms with Gasteiger partial charge in [-0.05, 0) is 36.3 Å². The molecule has 1 aromatic rings. The summed E-state index contributed by atoms with van der Waals surface area (Å²) in [6.45, 7) is 11.5. The van der Waals surface area contributed by atoms with Crippen LogP contribution in [0.3, 0.4) is 0 Å². The second-order valence-electron chi connectivity index (χ2n) is 6.73. The zero-order chi connectivity index (χ0) is 15.9. The van der Waals surface area contributed by atoms with Crippen molar-refractivity contribution in [2.75, 3.05) is 26.2 Å². The molecule has 0 amide bonds. The lowest BCUT2D eigenvalue weighted by Crippen LogP contribution is -2.44. The first-order valence-corrected chi connectivity index (χ1v) is 8.30. The number of ether oxygens (including phenoxy) is 1. The van der Waals surface area contributed by atoms with Crippen molar-refractivity contribution in [3.8, 4) is 5.75 Å². The molecule has 1 N–H and O–H groups in total. The SMILES string of the molecule is C=CCc1ccccc1OC[C@@H](O)CN1C[C@H](C)C[C@@H](C)C1. The number of hydrogen-bond acceptors (Lipinski definition) is 3. The highest BCUT2D eigenvalue weighted by molar-refractivity contribution is 5.34. The maximum atomic E-state index is 10.3. The third-order valence-electron chi connectivity index (χ3n) is 4.18. The monoisotopic (exact) mass is 303 g/mol. The van der Waals surface area contributed by atoms with E-state index in [2.05, 4.69) is 25.3 Å². The minimum absolute atomic E-state index is 0.341. The van der Waals surface area contributed by atoms with E-state index < -0.39 is 6.10 Å². The van der Waals surface area contributed by atoms with Gasteiger partial charge in [-0.25, -0.2) is 0 Å². The number of β-amino-alcohol motifs (C(OH)–C–C–N with tert-alkyl or cyclic N) is 1. The van der Waals surface area contributed by atoms with Gasteiger partial charge in [0.15, 0.2) is 0 Å². The lowest BCUT2D eigenvalue weighted by atomic mass is 9.92. The van der Waals surface area contributed by atoms with Crippen LogP contribution in [0, 0.1) is 11.8 Å². The molecule has 0 spiro atoms. The van der Waals surface area contributed by atoms with Crippen LogP contribution in [0.4, 0.5) is 0 Å². The summed E-state index contributed by atoms with van der Waals surface area (Å²) in [5.74, 6) is 2.28. The predicted octanol–water partition coefficient (Wildman–Crippen LogP) is 3.13. The molecule has 1 fully saturated rings. The number of hydrogen-bond donors (Lipinski definition) is 1. The Labute approximate surface area is 134 Å². The quantitative estimate of drug-likeness (QED) is 0.786. The fourth-order valence-corrected chi connectivity index (χ4v) is 3.45. The van der Waals surface area contributed by atoms with Crippen molar-refractivity contribution in [2.24, 2.45) is 11.8 Å². The molecule has 22 heavy (non-hydrogen) atoms. The number of para-hydroxylation sites is 1. The van der Waals surface area contributed by atoms with Crippen molar-refractivity contribution in [3.63, 3.8) is 0 Å². The van der Waals surface area contributed by atoms with Crippen molar-refractivity contribution < 1.29 is 9.84 Å². The summed E-state index contributed by atoms with van der Waals surface area (Å²) in [5.41, 5.74) is 1.12. The van der Waals surface area contributed by atoms with Gasteiger partial charge < -0.3 is 14.7 Å². The standard InChI is InChI=1S/C19H29NO2/c1-4-7-17-8-5-6-9-19(17)22-14-18(21)13-20-11-15(2)10-16(3)12-20/h4-6,8-9,15-16,18,21H,1,7,10-14H2,2-3H3/t15-,16-,18+/m1/s1. The molecule has 2 rings (SSSR count). The van der Waals surface area contributed by atoms with Crippen molar-refractivity contribution in [2.45, 2.75) is 32.8 Å². The molecule has 1 saturated heterocycles. The fraction of sp³-hybridized carbons (Fsp3) is 0.579. The lowest BCUT2D eigenvalue weighted by Gasteiger charge is -2.35. The largest absolute Gasteiger partial charge is 0.491 e. The molecule has 1 aromatic carbocycles. The smallest absolute Gasteiger partial charge is 0.122 e. The van der Waals surface area contributed by atoms with Gasteiger partial charge in [0.2, 0.25) is 0 Å². The van der Waals surface area contributed by atoms with Crippen LogP contribution >= 0.6 is 0 Å². The van der Waals surface area contributed by atoms with Gasteiger partial charge in [0, 0.05) is 19.6 Å². The molecule has 0 bridgehead atoms. The molecular weight excluding hydrogens is 274 g/mol. The van der Waals surface area contributed by atoms with Gasteiger partial charge in [0.1, 0.15) is 18.5 Å². The summed E-state index contributed by atoms with van der Waals surface area (Å²) in [6, 6.07) is 7.95. The first-order valence-electron chi connectivity index (χ1n) is 8.30. The number of benzene rings is 1. The van der Waals surface area contributed by atoms with Crippen LogP contribution in [0.2, 0.25) is 0 Å². The van der Waals surface area contributed by atoms with Crippen LogP contribution < -0.4 is 4.74 Å². The maximum absolute atomic E-state index is 10.3.